The number of nitrogens with one attached hydrogen (secondary N) is 1. The Balaban J connectivity index is 2.22. The standard InChI is InChI=1S/C12H14ClNO2/c1-16-8-4-5-9(10(13)7-8)12(15)11-3-2-6-14-11/h4-5,7,11,14H,2-3,6H2,1H3. The third-order valence-corrected chi connectivity index (χ3v) is 3.13. The van der Waals surface area contributed by atoms with Crippen LogP contribution < -0.4 is 10.1 Å². The predicted molar refractivity (Wildman–Crippen MR) is 63.4 cm³/mol. The average Bonchev–Trinajstić information content (AvgIpc) is 2.81. The maximum atomic E-state index is 12.1. The first-order chi connectivity index (χ1) is 7.72. The van der Waals surface area contributed by atoms with E-state index in [1.807, 2.05) is 0 Å². The molecule has 0 saturated carbocycles. The number of rotatable bonds is 3. The number of carbonyl (C=O) groups is 1. The lowest BCUT2D eigenvalue weighted by Gasteiger charge is -2.11. The molecular weight excluding hydrogens is 226 g/mol. The van der Waals surface area contributed by atoms with Gasteiger partial charge in [-0.1, -0.05) is 11.6 Å². The second-order valence-electron chi connectivity index (χ2n) is 3.86. The number of methoxy groups -OCH3 is 1. The summed E-state index contributed by atoms with van der Waals surface area (Å²) in [5, 5.41) is 3.63. The molecule has 1 unspecified atom stereocenters. The minimum Gasteiger partial charge on any atom is -0.497 e. The van der Waals surface area contributed by atoms with E-state index in [1.54, 1.807) is 25.3 Å². The van der Waals surface area contributed by atoms with Crippen molar-refractivity contribution in [3.63, 3.8) is 0 Å². The molecule has 1 aromatic rings. The maximum Gasteiger partial charge on any atom is 0.181 e. The number of hydrogen-bond donors (Lipinski definition) is 1. The summed E-state index contributed by atoms with van der Waals surface area (Å²) in [6, 6.07) is 5.08. The molecule has 1 heterocycles. The first-order valence-corrected chi connectivity index (χ1v) is 5.71. The molecule has 1 N–H and O–H groups in total. The minimum absolute atomic E-state index is 0.0742. The third-order valence-electron chi connectivity index (χ3n) is 2.82. The minimum atomic E-state index is -0.0779. The van der Waals surface area contributed by atoms with Crippen LogP contribution in [0.5, 0.6) is 5.75 Å². The highest BCUT2D eigenvalue weighted by Gasteiger charge is 2.24. The van der Waals surface area contributed by atoms with Crippen molar-refractivity contribution < 1.29 is 9.53 Å². The van der Waals surface area contributed by atoms with Crippen molar-refractivity contribution in [2.24, 2.45) is 0 Å². The molecule has 0 amide bonds. The summed E-state index contributed by atoms with van der Waals surface area (Å²) in [5.74, 6) is 0.742. The Morgan fingerprint density at radius 3 is 2.94 bits per heavy atom. The molecule has 1 fully saturated rings. The zero-order valence-electron chi connectivity index (χ0n) is 9.13. The molecule has 2 rings (SSSR count). The van der Waals surface area contributed by atoms with Crippen LogP contribution in [0.3, 0.4) is 0 Å². The number of ketones is 1. The van der Waals surface area contributed by atoms with Gasteiger partial charge in [0.25, 0.3) is 0 Å². The fourth-order valence-electron chi connectivity index (χ4n) is 1.92. The monoisotopic (exact) mass is 239 g/mol. The van der Waals surface area contributed by atoms with E-state index >= 15 is 0 Å². The van der Waals surface area contributed by atoms with Crippen LogP contribution in [0.4, 0.5) is 0 Å². The highest BCUT2D eigenvalue weighted by molar-refractivity contribution is 6.34. The molecule has 16 heavy (non-hydrogen) atoms. The zero-order chi connectivity index (χ0) is 11.5. The number of benzene rings is 1. The molecule has 1 aromatic carbocycles. The summed E-state index contributed by atoms with van der Waals surface area (Å²) in [6.07, 6.45) is 1.94. The van der Waals surface area contributed by atoms with Gasteiger partial charge in [-0.15, -0.1) is 0 Å². The number of halogens is 1. The van der Waals surface area contributed by atoms with Gasteiger partial charge in [0.1, 0.15) is 5.75 Å². The SMILES string of the molecule is COc1ccc(C(=O)C2CCCN2)c(Cl)c1. The smallest absolute Gasteiger partial charge is 0.181 e. The number of carbonyl (C=O) groups excluding carboxylic acids is 1. The van der Waals surface area contributed by atoms with Gasteiger partial charge < -0.3 is 10.1 Å². The molecule has 0 bridgehead atoms. The van der Waals surface area contributed by atoms with Crippen molar-refractivity contribution >= 4 is 17.4 Å². The van der Waals surface area contributed by atoms with E-state index in [0.29, 0.717) is 16.3 Å². The fourth-order valence-corrected chi connectivity index (χ4v) is 2.18. The maximum absolute atomic E-state index is 12.1. The summed E-state index contributed by atoms with van der Waals surface area (Å²) >= 11 is 6.05. The van der Waals surface area contributed by atoms with Gasteiger partial charge >= 0.3 is 0 Å². The van der Waals surface area contributed by atoms with Crippen molar-refractivity contribution in [1.82, 2.24) is 5.32 Å². The Bertz CT molecular complexity index is 400. The first kappa shape index (κ1) is 11.4. The van der Waals surface area contributed by atoms with Gasteiger partial charge in [0.2, 0.25) is 0 Å². The van der Waals surface area contributed by atoms with E-state index in [9.17, 15) is 4.79 Å². The third kappa shape index (κ3) is 2.20. The average molecular weight is 240 g/mol. The lowest BCUT2D eigenvalue weighted by Crippen LogP contribution is -2.30. The summed E-state index contributed by atoms with van der Waals surface area (Å²) in [4.78, 5) is 12.1. The molecule has 4 heteroatoms. The Hall–Kier alpha value is -1.06. The van der Waals surface area contributed by atoms with E-state index in [0.717, 1.165) is 19.4 Å². The van der Waals surface area contributed by atoms with Crippen molar-refractivity contribution in [1.29, 1.82) is 0 Å². The van der Waals surface area contributed by atoms with Crippen molar-refractivity contribution in [3.05, 3.63) is 28.8 Å². The van der Waals surface area contributed by atoms with Crippen LogP contribution in [-0.2, 0) is 0 Å². The van der Waals surface area contributed by atoms with E-state index in [1.165, 1.54) is 0 Å². The highest BCUT2D eigenvalue weighted by Crippen LogP contribution is 2.24. The Kier molecular flexibility index (Phi) is 3.46. The van der Waals surface area contributed by atoms with Crippen molar-refractivity contribution in [2.75, 3.05) is 13.7 Å². The molecular formula is C12H14ClNO2. The predicted octanol–water partition coefficient (Wildman–Crippen LogP) is 2.28. The van der Waals surface area contributed by atoms with E-state index < -0.39 is 0 Å². The van der Waals surface area contributed by atoms with E-state index in [-0.39, 0.29) is 11.8 Å². The molecule has 1 atom stereocenters. The number of hydrogen-bond acceptors (Lipinski definition) is 3. The highest BCUT2D eigenvalue weighted by atomic mass is 35.5. The van der Waals surface area contributed by atoms with Gasteiger partial charge in [0, 0.05) is 5.56 Å². The summed E-state index contributed by atoms with van der Waals surface area (Å²) < 4.78 is 5.04. The second-order valence-corrected chi connectivity index (χ2v) is 4.27. The van der Waals surface area contributed by atoms with Crippen LogP contribution in [0, 0.1) is 0 Å². The summed E-state index contributed by atoms with van der Waals surface area (Å²) in [6.45, 7) is 0.907. The van der Waals surface area contributed by atoms with Gasteiger partial charge in [-0.25, -0.2) is 0 Å². The Labute approximate surface area is 99.7 Å². The molecule has 0 radical (unpaired) electrons. The van der Waals surface area contributed by atoms with Gasteiger partial charge in [0.05, 0.1) is 18.2 Å². The van der Waals surface area contributed by atoms with Gasteiger partial charge in [-0.05, 0) is 37.6 Å². The summed E-state index contributed by atoms with van der Waals surface area (Å²) in [5.41, 5.74) is 0.571. The molecule has 3 nitrogen and oxygen atoms in total. The topological polar surface area (TPSA) is 38.3 Å². The Morgan fingerprint density at radius 1 is 1.56 bits per heavy atom. The molecule has 1 aliphatic rings. The van der Waals surface area contributed by atoms with Gasteiger partial charge in [-0.3, -0.25) is 4.79 Å². The quantitative estimate of drug-likeness (QED) is 0.823. The van der Waals surface area contributed by atoms with Crippen LogP contribution in [0.2, 0.25) is 5.02 Å². The second kappa shape index (κ2) is 4.85. The number of Topliss-reactive ketones (excluding diaryl/α,β-unsaturated/α-hetero) is 1. The summed E-state index contributed by atoms with van der Waals surface area (Å²) in [7, 11) is 1.58. The largest absolute Gasteiger partial charge is 0.497 e. The van der Waals surface area contributed by atoms with Gasteiger partial charge in [-0.2, -0.15) is 0 Å². The Morgan fingerprint density at radius 2 is 2.38 bits per heavy atom. The fraction of sp³-hybridized carbons (Fsp3) is 0.417. The van der Waals surface area contributed by atoms with Gasteiger partial charge in [0.15, 0.2) is 5.78 Å². The molecule has 0 aliphatic carbocycles. The van der Waals surface area contributed by atoms with Crippen LogP contribution >= 0.6 is 11.6 Å². The lowest BCUT2D eigenvalue weighted by molar-refractivity contribution is 0.0952. The van der Waals surface area contributed by atoms with Crippen LogP contribution in [-0.4, -0.2) is 25.5 Å². The molecule has 1 saturated heterocycles. The van der Waals surface area contributed by atoms with Crippen molar-refractivity contribution in [3.8, 4) is 5.75 Å². The molecule has 86 valence electrons. The van der Waals surface area contributed by atoms with Crippen LogP contribution in [0.1, 0.15) is 23.2 Å². The molecule has 0 spiro atoms. The zero-order valence-corrected chi connectivity index (χ0v) is 9.88. The normalized spacial score (nSPS) is 19.8. The van der Waals surface area contributed by atoms with E-state index in [4.69, 9.17) is 16.3 Å². The van der Waals surface area contributed by atoms with E-state index in [2.05, 4.69) is 5.32 Å². The number of ether oxygens (including phenoxy) is 1. The molecule has 0 aromatic heterocycles. The van der Waals surface area contributed by atoms with Crippen LogP contribution in [0.25, 0.3) is 0 Å². The first-order valence-electron chi connectivity index (χ1n) is 5.33. The lowest BCUT2D eigenvalue weighted by atomic mass is 10.0. The van der Waals surface area contributed by atoms with Crippen LogP contribution in [0.15, 0.2) is 18.2 Å². The molecule has 1 aliphatic heterocycles. The van der Waals surface area contributed by atoms with Crippen molar-refractivity contribution in [2.45, 2.75) is 18.9 Å².